The molecule has 0 saturated carbocycles. The van der Waals surface area contributed by atoms with Gasteiger partial charge in [0.05, 0.1) is 0 Å². The summed E-state index contributed by atoms with van der Waals surface area (Å²) in [7, 11) is -1.87. The molecule has 0 aromatic heterocycles. The van der Waals surface area contributed by atoms with Crippen LogP contribution in [0.3, 0.4) is 0 Å². The number of rotatable bonds is 16. The van der Waals surface area contributed by atoms with E-state index in [0.717, 1.165) is 6.42 Å². The van der Waals surface area contributed by atoms with Crippen LogP contribution in [0.5, 0.6) is 0 Å². The van der Waals surface area contributed by atoms with Crippen molar-refractivity contribution in [1.82, 2.24) is 0 Å². The van der Waals surface area contributed by atoms with E-state index in [1.165, 1.54) is 57.8 Å². The fraction of sp³-hybridized carbons (Fsp3) is 1.00. The van der Waals surface area contributed by atoms with E-state index in [0.29, 0.717) is 13.2 Å². The third-order valence-corrected chi connectivity index (χ3v) is 5.56. The van der Waals surface area contributed by atoms with Crippen LogP contribution in [-0.2, 0) is 13.3 Å². The first-order valence-electron chi connectivity index (χ1n) is 9.13. The predicted molar refractivity (Wildman–Crippen MR) is 92.8 cm³/mol. The maximum Gasteiger partial charge on any atom is 0.484 e. The number of unbranched alkanes of at least 4 members (excludes halogenated alkanes) is 8. The lowest BCUT2D eigenvalue weighted by atomic mass is 10.1. The molecule has 0 aliphatic heterocycles. The molecule has 128 valence electrons. The van der Waals surface area contributed by atoms with E-state index in [-0.39, 0.29) is 6.10 Å². The third kappa shape index (κ3) is 14.8. The van der Waals surface area contributed by atoms with Crippen molar-refractivity contribution >= 4 is 9.53 Å². The Bertz CT molecular complexity index is 196. The standard InChI is InChI=1S/C17H38O3Si/c1-5-8-9-10-11-12-13-14-15-16-17(4)20-21(18-6-2)19-7-3/h17,21H,5-16H2,1-4H3. The molecule has 1 atom stereocenters. The molecule has 0 radical (unpaired) electrons. The highest BCUT2D eigenvalue weighted by Gasteiger charge is 2.17. The summed E-state index contributed by atoms with van der Waals surface area (Å²) < 4.78 is 17.0. The van der Waals surface area contributed by atoms with Gasteiger partial charge in [0.1, 0.15) is 0 Å². The summed E-state index contributed by atoms with van der Waals surface area (Å²) in [6, 6.07) is 0. The molecule has 0 saturated heterocycles. The Balaban J connectivity index is 3.41. The van der Waals surface area contributed by atoms with Gasteiger partial charge in [-0.1, -0.05) is 64.7 Å². The minimum absolute atomic E-state index is 0.268. The molecule has 21 heavy (non-hydrogen) atoms. The summed E-state index contributed by atoms with van der Waals surface area (Å²) in [5.74, 6) is 0. The third-order valence-electron chi connectivity index (χ3n) is 3.66. The van der Waals surface area contributed by atoms with E-state index in [2.05, 4.69) is 13.8 Å². The van der Waals surface area contributed by atoms with Crippen molar-refractivity contribution in [3.05, 3.63) is 0 Å². The second-order valence-corrected chi connectivity index (χ2v) is 7.28. The van der Waals surface area contributed by atoms with Gasteiger partial charge in [0.25, 0.3) is 0 Å². The molecular weight excluding hydrogens is 280 g/mol. The molecule has 1 unspecified atom stereocenters. The summed E-state index contributed by atoms with van der Waals surface area (Å²) in [5, 5.41) is 0. The van der Waals surface area contributed by atoms with Crippen LogP contribution in [0.2, 0.25) is 0 Å². The average Bonchev–Trinajstić information content (AvgIpc) is 2.46. The maximum absolute atomic E-state index is 5.90. The first-order valence-corrected chi connectivity index (χ1v) is 10.5. The van der Waals surface area contributed by atoms with Gasteiger partial charge in [0, 0.05) is 19.3 Å². The monoisotopic (exact) mass is 318 g/mol. The zero-order chi connectivity index (χ0) is 15.8. The Morgan fingerprint density at radius 1 is 0.714 bits per heavy atom. The highest BCUT2D eigenvalue weighted by Crippen LogP contribution is 2.13. The highest BCUT2D eigenvalue weighted by atomic mass is 28.3. The summed E-state index contributed by atoms with van der Waals surface area (Å²) in [6.07, 6.45) is 13.7. The van der Waals surface area contributed by atoms with Crippen molar-refractivity contribution in [1.29, 1.82) is 0 Å². The zero-order valence-corrected chi connectivity index (χ0v) is 16.0. The lowest BCUT2D eigenvalue weighted by Gasteiger charge is -2.20. The van der Waals surface area contributed by atoms with Gasteiger partial charge < -0.3 is 13.3 Å². The summed E-state index contributed by atoms with van der Waals surface area (Å²) in [6.45, 7) is 9.76. The second kappa shape index (κ2) is 16.5. The smallest absolute Gasteiger partial charge is 0.376 e. The molecule has 0 bridgehead atoms. The van der Waals surface area contributed by atoms with Crippen LogP contribution in [0.1, 0.15) is 91.9 Å². The molecular formula is C17H38O3Si. The van der Waals surface area contributed by atoms with Crippen LogP contribution in [0.15, 0.2) is 0 Å². The van der Waals surface area contributed by atoms with Crippen molar-refractivity contribution in [2.45, 2.75) is 98.0 Å². The van der Waals surface area contributed by atoms with Gasteiger partial charge in [-0.3, -0.25) is 0 Å². The minimum atomic E-state index is -1.87. The first-order chi connectivity index (χ1) is 10.2. The Kier molecular flexibility index (Phi) is 16.5. The molecule has 0 aliphatic rings. The van der Waals surface area contributed by atoms with E-state index in [1.807, 2.05) is 13.8 Å². The van der Waals surface area contributed by atoms with Crippen molar-refractivity contribution < 1.29 is 13.3 Å². The van der Waals surface area contributed by atoms with Crippen LogP contribution in [0.25, 0.3) is 0 Å². The van der Waals surface area contributed by atoms with E-state index in [4.69, 9.17) is 13.3 Å². The van der Waals surface area contributed by atoms with Crippen LogP contribution in [-0.4, -0.2) is 28.8 Å². The Morgan fingerprint density at radius 2 is 1.19 bits per heavy atom. The minimum Gasteiger partial charge on any atom is -0.376 e. The molecule has 4 heteroatoms. The molecule has 0 aromatic rings. The molecule has 0 fully saturated rings. The lowest BCUT2D eigenvalue weighted by molar-refractivity contribution is 0.0659. The van der Waals surface area contributed by atoms with E-state index in [1.54, 1.807) is 0 Å². The predicted octanol–water partition coefficient (Wildman–Crippen LogP) is 5.10. The highest BCUT2D eigenvalue weighted by molar-refractivity contribution is 6.36. The molecule has 0 aliphatic carbocycles. The van der Waals surface area contributed by atoms with Gasteiger partial charge in [-0.25, -0.2) is 0 Å². The molecule has 0 heterocycles. The fourth-order valence-electron chi connectivity index (χ4n) is 2.40. The second-order valence-electron chi connectivity index (χ2n) is 5.76. The summed E-state index contributed by atoms with van der Waals surface area (Å²) in [4.78, 5) is 0. The van der Waals surface area contributed by atoms with Gasteiger partial charge in [-0.15, -0.1) is 0 Å². The van der Waals surface area contributed by atoms with Gasteiger partial charge in [-0.2, -0.15) is 0 Å². The molecule has 0 N–H and O–H groups in total. The normalized spacial score (nSPS) is 13.0. The van der Waals surface area contributed by atoms with Crippen LogP contribution in [0.4, 0.5) is 0 Å². The van der Waals surface area contributed by atoms with Gasteiger partial charge >= 0.3 is 9.53 Å². The summed E-state index contributed by atoms with van der Waals surface area (Å²) in [5.41, 5.74) is 0. The van der Waals surface area contributed by atoms with Crippen molar-refractivity contribution in [2.75, 3.05) is 13.2 Å². The largest absolute Gasteiger partial charge is 0.484 e. The summed E-state index contributed by atoms with van der Waals surface area (Å²) >= 11 is 0. The molecule has 0 rings (SSSR count). The first kappa shape index (κ1) is 21.1. The van der Waals surface area contributed by atoms with E-state index >= 15 is 0 Å². The molecule has 0 aromatic carbocycles. The number of hydrogen-bond acceptors (Lipinski definition) is 3. The zero-order valence-electron chi connectivity index (χ0n) is 14.9. The Hall–Kier alpha value is 0.0969. The molecule has 0 amide bonds. The average molecular weight is 319 g/mol. The van der Waals surface area contributed by atoms with E-state index < -0.39 is 9.53 Å². The van der Waals surface area contributed by atoms with Crippen LogP contribution < -0.4 is 0 Å². The SMILES string of the molecule is CCCCCCCCCCCC(C)O[SiH](OCC)OCC. The Labute approximate surface area is 134 Å². The van der Waals surface area contributed by atoms with Gasteiger partial charge in [0.15, 0.2) is 0 Å². The van der Waals surface area contributed by atoms with Crippen molar-refractivity contribution in [3.63, 3.8) is 0 Å². The molecule has 0 spiro atoms. The topological polar surface area (TPSA) is 27.7 Å². The van der Waals surface area contributed by atoms with Gasteiger partial charge in [0.2, 0.25) is 0 Å². The van der Waals surface area contributed by atoms with E-state index in [9.17, 15) is 0 Å². The van der Waals surface area contributed by atoms with Crippen molar-refractivity contribution in [2.24, 2.45) is 0 Å². The van der Waals surface area contributed by atoms with Crippen molar-refractivity contribution in [3.8, 4) is 0 Å². The van der Waals surface area contributed by atoms with Crippen LogP contribution in [0, 0.1) is 0 Å². The maximum atomic E-state index is 5.90. The lowest BCUT2D eigenvalue weighted by Crippen LogP contribution is -2.31. The van der Waals surface area contributed by atoms with Gasteiger partial charge in [-0.05, 0) is 27.2 Å². The van der Waals surface area contributed by atoms with Crippen LogP contribution >= 0.6 is 0 Å². The number of hydrogen-bond donors (Lipinski definition) is 0. The molecule has 3 nitrogen and oxygen atoms in total. The Morgan fingerprint density at radius 3 is 1.67 bits per heavy atom. The quantitative estimate of drug-likeness (QED) is 0.292. The fourth-order valence-corrected chi connectivity index (χ4v) is 3.71.